The molecule has 0 aliphatic carbocycles. The lowest BCUT2D eigenvalue weighted by Crippen LogP contribution is -2.12. The van der Waals surface area contributed by atoms with Crippen molar-refractivity contribution in [2.45, 2.75) is 13.1 Å². The van der Waals surface area contributed by atoms with Gasteiger partial charge in [-0.25, -0.2) is 0 Å². The van der Waals surface area contributed by atoms with Crippen molar-refractivity contribution in [2.75, 3.05) is 6.79 Å². The minimum Gasteiger partial charge on any atom is -0.454 e. The Kier molecular flexibility index (Phi) is 4.06. The fraction of sp³-hybridized carbons (Fsp3) is 0.176. The van der Waals surface area contributed by atoms with Crippen molar-refractivity contribution in [3.05, 3.63) is 58.9 Å². The summed E-state index contributed by atoms with van der Waals surface area (Å²) < 4.78 is 16.3. The molecule has 3 aromatic rings. The van der Waals surface area contributed by atoms with Gasteiger partial charge in [0.1, 0.15) is 0 Å². The molecule has 0 fully saturated rings. The largest absolute Gasteiger partial charge is 0.454 e. The third-order valence-corrected chi connectivity index (χ3v) is 3.82. The summed E-state index contributed by atoms with van der Waals surface area (Å²) >= 11 is 5.97. The van der Waals surface area contributed by atoms with Crippen LogP contribution < -0.4 is 14.8 Å². The summed E-state index contributed by atoms with van der Waals surface area (Å²) in [6.07, 6.45) is 0. The second-order valence-corrected chi connectivity index (χ2v) is 5.74. The fourth-order valence-electron chi connectivity index (χ4n) is 2.43. The molecule has 0 unspecified atom stereocenters. The van der Waals surface area contributed by atoms with E-state index >= 15 is 0 Å². The second-order valence-electron chi connectivity index (χ2n) is 5.30. The molecule has 122 valence electrons. The van der Waals surface area contributed by atoms with Gasteiger partial charge in [-0.1, -0.05) is 23.7 Å². The Morgan fingerprint density at radius 2 is 1.92 bits per heavy atom. The van der Waals surface area contributed by atoms with Crippen LogP contribution in [0.5, 0.6) is 11.5 Å². The van der Waals surface area contributed by atoms with Crippen LogP contribution in [0.3, 0.4) is 0 Å². The first-order valence-corrected chi connectivity index (χ1v) is 7.83. The summed E-state index contributed by atoms with van der Waals surface area (Å²) in [7, 11) is 0. The van der Waals surface area contributed by atoms with E-state index in [-0.39, 0.29) is 6.79 Å². The molecule has 2 heterocycles. The van der Waals surface area contributed by atoms with Gasteiger partial charge in [0.25, 0.3) is 0 Å². The van der Waals surface area contributed by atoms with E-state index in [2.05, 4.69) is 15.5 Å². The third kappa shape index (κ3) is 3.20. The first-order valence-electron chi connectivity index (χ1n) is 7.45. The van der Waals surface area contributed by atoms with E-state index in [9.17, 15) is 0 Å². The Morgan fingerprint density at radius 1 is 1.00 bits per heavy atom. The lowest BCUT2D eigenvalue weighted by Gasteiger charge is -2.03. The van der Waals surface area contributed by atoms with E-state index in [1.165, 1.54) is 0 Å². The van der Waals surface area contributed by atoms with Crippen LogP contribution in [0.15, 0.2) is 46.9 Å². The number of halogens is 1. The maximum Gasteiger partial charge on any atom is 0.247 e. The number of hydrogen-bond acceptors (Lipinski definition) is 6. The summed E-state index contributed by atoms with van der Waals surface area (Å²) in [6, 6.07) is 13.2. The fourth-order valence-corrected chi connectivity index (χ4v) is 2.62. The Hall–Kier alpha value is -2.57. The van der Waals surface area contributed by atoms with Gasteiger partial charge in [0.05, 0.1) is 6.54 Å². The SMILES string of the molecule is Clc1cccc(-c2nnc(CNCc3ccc4c(c3)OCO4)o2)c1. The quantitative estimate of drug-likeness (QED) is 0.765. The van der Waals surface area contributed by atoms with Gasteiger partial charge < -0.3 is 19.2 Å². The van der Waals surface area contributed by atoms with Crippen LogP contribution >= 0.6 is 11.6 Å². The molecule has 2 aromatic carbocycles. The molecule has 1 N–H and O–H groups in total. The molecule has 0 saturated carbocycles. The van der Waals surface area contributed by atoms with Gasteiger partial charge in [-0.3, -0.25) is 0 Å². The van der Waals surface area contributed by atoms with Crippen LogP contribution in [0.4, 0.5) is 0 Å². The molecule has 1 aliphatic rings. The van der Waals surface area contributed by atoms with E-state index in [0.29, 0.717) is 29.9 Å². The summed E-state index contributed by atoms with van der Waals surface area (Å²) in [5.74, 6) is 2.53. The average Bonchev–Trinajstić information content (AvgIpc) is 3.23. The molecule has 1 aromatic heterocycles. The molecule has 1 aliphatic heterocycles. The number of hydrogen-bond donors (Lipinski definition) is 1. The number of ether oxygens (including phenoxy) is 2. The van der Waals surface area contributed by atoms with Crippen LogP contribution in [0.2, 0.25) is 5.02 Å². The highest BCUT2D eigenvalue weighted by Crippen LogP contribution is 2.32. The standard InChI is InChI=1S/C17H14ClN3O3/c18-13-3-1-2-12(7-13)17-21-20-16(24-17)9-19-8-11-4-5-14-15(6-11)23-10-22-14/h1-7,19H,8-10H2. The van der Waals surface area contributed by atoms with Gasteiger partial charge in [-0.15, -0.1) is 10.2 Å². The van der Waals surface area contributed by atoms with Crippen molar-refractivity contribution in [3.63, 3.8) is 0 Å². The highest BCUT2D eigenvalue weighted by atomic mass is 35.5. The molecule has 0 bridgehead atoms. The van der Waals surface area contributed by atoms with Gasteiger partial charge >= 0.3 is 0 Å². The van der Waals surface area contributed by atoms with Crippen molar-refractivity contribution in [2.24, 2.45) is 0 Å². The normalized spacial score (nSPS) is 12.5. The topological polar surface area (TPSA) is 69.4 Å². The van der Waals surface area contributed by atoms with E-state index in [1.54, 1.807) is 12.1 Å². The molecule has 0 spiro atoms. The molecule has 0 amide bonds. The molecule has 24 heavy (non-hydrogen) atoms. The Bertz CT molecular complexity index is 866. The average molecular weight is 344 g/mol. The second kappa shape index (κ2) is 6.51. The van der Waals surface area contributed by atoms with Gasteiger partial charge in [0, 0.05) is 17.1 Å². The van der Waals surface area contributed by atoms with Gasteiger partial charge in [-0.05, 0) is 35.9 Å². The maximum atomic E-state index is 5.97. The molecule has 0 saturated heterocycles. The Morgan fingerprint density at radius 3 is 2.83 bits per heavy atom. The van der Waals surface area contributed by atoms with E-state index in [4.69, 9.17) is 25.5 Å². The number of nitrogens with zero attached hydrogens (tertiary/aromatic N) is 2. The lowest BCUT2D eigenvalue weighted by atomic mass is 10.2. The van der Waals surface area contributed by atoms with Crippen LogP contribution in [0.1, 0.15) is 11.5 Å². The molecule has 0 atom stereocenters. The summed E-state index contributed by atoms with van der Waals surface area (Å²) in [4.78, 5) is 0. The van der Waals surface area contributed by atoms with Crippen molar-refractivity contribution in [3.8, 4) is 23.0 Å². The van der Waals surface area contributed by atoms with Crippen molar-refractivity contribution in [1.29, 1.82) is 0 Å². The smallest absolute Gasteiger partial charge is 0.247 e. The summed E-state index contributed by atoms with van der Waals surface area (Å²) in [6.45, 7) is 1.41. The van der Waals surface area contributed by atoms with E-state index in [1.807, 2.05) is 30.3 Å². The van der Waals surface area contributed by atoms with E-state index in [0.717, 1.165) is 22.6 Å². The predicted molar refractivity (Wildman–Crippen MR) is 87.9 cm³/mol. The van der Waals surface area contributed by atoms with Crippen molar-refractivity contribution >= 4 is 11.6 Å². The number of aromatic nitrogens is 2. The predicted octanol–water partition coefficient (Wildman–Crippen LogP) is 3.41. The first kappa shape index (κ1) is 15.0. The minimum atomic E-state index is 0.278. The monoisotopic (exact) mass is 343 g/mol. The summed E-state index contributed by atoms with van der Waals surface area (Å²) in [5, 5.41) is 12.0. The first-order chi connectivity index (χ1) is 11.8. The zero-order valence-corrected chi connectivity index (χ0v) is 13.4. The van der Waals surface area contributed by atoms with Crippen LogP contribution in [0, 0.1) is 0 Å². The summed E-state index contributed by atoms with van der Waals surface area (Å²) in [5.41, 5.74) is 1.89. The maximum absolute atomic E-state index is 5.97. The lowest BCUT2D eigenvalue weighted by molar-refractivity contribution is 0.174. The molecule has 6 nitrogen and oxygen atoms in total. The molecule has 7 heteroatoms. The zero-order chi connectivity index (χ0) is 16.4. The number of rotatable bonds is 5. The zero-order valence-electron chi connectivity index (χ0n) is 12.7. The number of fused-ring (bicyclic) bond motifs is 1. The van der Waals surface area contributed by atoms with Crippen LogP contribution in [-0.2, 0) is 13.1 Å². The number of nitrogens with one attached hydrogen (secondary N) is 1. The van der Waals surface area contributed by atoms with Crippen LogP contribution in [0.25, 0.3) is 11.5 Å². The highest BCUT2D eigenvalue weighted by molar-refractivity contribution is 6.30. The molecule has 4 rings (SSSR count). The third-order valence-electron chi connectivity index (χ3n) is 3.58. The van der Waals surface area contributed by atoms with Crippen LogP contribution in [-0.4, -0.2) is 17.0 Å². The highest BCUT2D eigenvalue weighted by Gasteiger charge is 2.13. The molecular formula is C17H14ClN3O3. The Balaban J connectivity index is 1.37. The van der Waals surface area contributed by atoms with Gasteiger partial charge in [0.15, 0.2) is 11.5 Å². The Labute approximate surface area is 143 Å². The van der Waals surface area contributed by atoms with E-state index < -0.39 is 0 Å². The molecular weight excluding hydrogens is 330 g/mol. The number of benzene rings is 2. The van der Waals surface area contributed by atoms with Gasteiger partial charge in [0.2, 0.25) is 18.6 Å². The van der Waals surface area contributed by atoms with Gasteiger partial charge in [-0.2, -0.15) is 0 Å². The van der Waals surface area contributed by atoms with Crippen molar-refractivity contribution in [1.82, 2.24) is 15.5 Å². The molecule has 0 radical (unpaired) electrons. The van der Waals surface area contributed by atoms with Crippen molar-refractivity contribution < 1.29 is 13.9 Å². The minimum absolute atomic E-state index is 0.278.